The molecule has 5 aromatic rings. The molecule has 5 aromatic carbocycles. The summed E-state index contributed by atoms with van der Waals surface area (Å²) in [7, 11) is 0. The van der Waals surface area contributed by atoms with E-state index >= 15 is 0 Å². The van der Waals surface area contributed by atoms with Gasteiger partial charge in [-0.05, 0) is 76.8 Å². The van der Waals surface area contributed by atoms with Gasteiger partial charge in [-0.25, -0.2) is 0 Å². The highest BCUT2D eigenvalue weighted by molar-refractivity contribution is 6.33. The van der Waals surface area contributed by atoms with E-state index in [4.69, 9.17) is 16.3 Å². The van der Waals surface area contributed by atoms with Crippen molar-refractivity contribution in [3.05, 3.63) is 142 Å². The highest BCUT2D eigenvalue weighted by Crippen LogP contribution is 2.63. The molecule has 0 amide bonds. The van der Waals surface area contributed by atoms with Gasteiger partial charge in [-0.1, -0.05) is 103 Å². The molecule has 3 aliphatic rings. The van der Waals surface area contributed by atoms with E-state index in [9.17, 15) is 0 Å². The van der Waals surface area contributed by atoms with Crippen molar-refractivity contribution in [3.63, 3.8) is 0 Å². The average molecular weight is 497 g/mol. The summed E-state index contributed by atoms with van der Waals surface area (Å²) in [4.78, 5) is 0. The van der Waals surface area contributed by atoms with Crippen LogP contribution in [0.15, 0.2) is 103 Å². The largest absolute Gasteiger partial charge is 0.456 e. The Morgan fingerprint density at radius 3 is 2.00 bits per heavy atom. The molecule has 0 radical (unpaired) electrons. The second-order valence-corrected chi connectivity index (χ2v) is 10.8. The quantitative estimate of drug-likeness (QED) is 0.220. The fourth-order valence-electron chi connectivity index (χ4n) is 7.05. The van der Waals surface area contributed by atoms with Gasteiger partial charge < -0.3 is 4.74 Å². The second kappa shape index (κ2) is 7.84. The van der Waals surface area contributed by atoms with Gasteiger partial charge in [0, 0.05) is 16.7 Å². The minimum atomic E-state index is -0.467. The Balaban J connectivity index is 1.49. The third-order valence-electron chi connectivity index (χ3n) is 8.60. The summed E-state index contributed by atoms with van der Waals surface area (Å²) in [6.07, 6.45) is 4.81. The van der Waals surface area contributed by atoms with Gasteiger partial charge >= 0.3 is 0 Å². The molecule has 0 saturated heterocycles. The highest BCUT2D eigenvalue weighted by Gasteiger charge is 2.51. The molecule has 178 valence electrons. The Kier molecular flexibility index (Phi) is 4.51. The first-order valence-electron chi connectivity index (χ1n) is 13.2. The Morgan fingerprint density at radius 1 is 0.595 bits per heavy atom. The summed E-state index contributed by atoms with van der Waals surface area (Å²) >= 11 is 7.02. The number of ether oxygens (including phenoxy) is 1. The normalized spacial score (nSPS) is 15.7. The number of rotatable bonds is 1. The summed E-state index contributed by atoms with van der Waals surface area (Å²) in [5.74, 6) is 1.76. The van der Waals surface area contributed by atoms with Crippen molar-refractivity contribution in [2.24, 2.45) is 0 Å². The van der Waals surface area contributed by atoms with E-state index in [0.29, 0.717) is 0 Å². The van der Waals surface area contributed by atoms with Crippen LogP contribution in [0.25, 0.3) is 22.3 Å². The maximum atomic E-state index is 7.02. The lowest BCUT2D eigenvalue weighted by Gasteiger charge is -2.40. The zero-order valence-corrected chi connectivity index (χ0v) is 21.2. The predicted molar refractivity (Wildman–Crippen MR) is 151 cm³/mol. The third-order valence-corrected chi connectivity index (χ3v) is 8.92. The molecule has 1 spiro atoms. The topological polar surface area (TPSA) is 9.23 Å². The van der Waals surface area contributed by atoms with Gasteiger partial charge in [-0.3, -0.25) is 0 Å². The number of hydrogen-bond acceptors (Lipinski definition) is 1. The number of halogens is 1. The fourth-order valence-corrected chi connectivity index (χ4v) is 7.31. The van der Waals surface area contributed by atoms with Crippen LogP contribution in [0.4, 0.5) is 0 Å². The molecule has 37 heavy (non-hydrogen) atoms. The van der Waals surface area contributed by atoms with Crippen LogP contribution < -0.4 is 4.74 Å². The summed E-state index contributed by atoms with van der Waals surface area (Å²) in [6, 6.07) is 37.3. The molecular formula is C35H25ClO. The predicted octanol–water partition coefficient (Wildman–Crippen LogP) is 9.35. The standard InChI is InChI=1S/C35H25ClO/c36-31-20-19-30-34(33(31)24-18-17-22-9-1-2-10-23(22)21-24)37-32-16-8-7-15-29(32)35(30)27-13-5-3-11-25(27)26-12-4-6-14-28(26)35/h3-8,11-21H,1-2,9-10H2. The molecule has 0 bridgehead atoms. The van der Waals surface area contributed by atoms with E-state index < -0.39 is 5.41 Å². The first kappa shape index (κ1) is 21.3. The number of benzene rings is 5. The number of aryl methyl sites for hydroxylation is 2. The van der Waals surface area contributed by atoms with Gasteiger partial charge in [0.2, 0.25) is 0 Å². The zero-order valence-electron chi connectivity index (χ0n) is 20.4. The molecule has 1 aliphatic heterocycles. The summed E-state index contributed by atoms with van der Waals surface area (Å²) in [5.41, 5.74) is 12.1. The molecule has 0 atom stereocenters. The van der Waals surface area contributed by atoms with E-state index in [0.717, 1.165) is 46.1 Å². The van der Waals surface area contributed by atoms with Crippen molar-refractivity contribution in [2.45, 2.75) is 31.1 Å². The molecule has 0 unspecified atom stereocenters. The minimum Gasteiger partial charge on any atom is -0.456 e. The molecular weight excluding hydrogens is 472 g/mol. The number of fused-ring (bicyclic) bond motifs is 10. The van der Waals surface area contributed by atoms with E-state index in [-0.39, 0.29) is 0 Å². The second-order valence-electron chi connectivity index (χ2n) is 10.4. The van der Waals surface area contributed by atoms with Gasteiger partial charge in [-0.2, -0.15) is 0 Å². The Labute approximate surface area is 222 Å². The van der Waals surface area contributed by atoms with E-state index in [1.165, 1.54) is 51.8 Å². The molecule has 0 N–H and O–H groups in total. The van der Waals surface area contributed by atoms with Crippen LogP contribution in [0, 0.1) is 0 Å². The van der Waals surface area contributed by atoms with Crippen molar-refractivity contribution < 1.29 is 4.74 Å². The molecule has 0 fully saturated rings. The lowest BCUT2D eigenvalue weighted by Crippen LogP contribution is -2.32. The van der Waals surface area contributed by atoms with Crippen LogP contribution >= 0.6 is 11.6 Å². The maximum Gasteiger partial charge on any atom is 0.141 e. The maximum absolute atomic E-state index is 7.02. The molecule has 0 saturated carbocycles. The van der Waals surface area contributed by atoms with Gasteiger partial charge in [0.1, 0.15) is 11.5 Å². The van der Waals surface area contributed by atoms with Gasteiger partial charge in [-0.15, -0.1) is 0 Å². The van der Waals surface area contributed by atoms with Crippen LogP contribution in [0.3, 0.4) is 0 Å². The highest BCUT2D eigenvalue weighted by atomic mass is 35.5. The Hall–Kier alpha value is -3.81. The lowest BCUT2D eigenvalue weighted by molar-refractivity contribution is 0.438. The van der Waals surface area contributed by atoms with E-state index in [1.807, 2.05) is 0 Å². The SMILES string of the molecule is Clc1ccc2c(c1-c1ccc3c(c1)CCCC3)Oc1ccccc1C21c2ccccc2-c2ccccc21. The van der Waals surface area contributed by atoms with Crippen molar-refractivity contribution in [1.29, 1.82) is 0 Å². The molecule has 1 heterocycles. The zero-order chi connectivity index (χ0) is 24.6. The fraction of sp³-hybridized carbons (Fsp3) is 0.143. The minimum absolute atomic E-state index is 0.467. The third kappa shape index (κ3) is 2.81. The number of hydrogen-bond donors (Lipinski definition) is 0. The Bertz CT molecular complexity index is 1680. The lowest BCUT2D eigenvalue weighted by atomic mass is 9.65. The van der Waals surface area contributed by atoms with Crippen LogP contribution in [0.5, 0.6) is 11.5 Å². The molecule has 1 nitrogen and oxygen atoms in total. The van der Waals surface area contributed by atoms with Crippen LogP contribution in [0.1, 0.15) is 46.2 Å². The van der Waals surface area contributed by atoms with Gasteiger partial charge in [0.15, 0.2) is 0 Å². The first-order valence-corrected chi connectivity index (χ1v) is 13.6. The summed E-state index contributed by atoms with van der Waals surface area (Å²) < 4.78 is 6.82. The van der Waals surface area contributed by atoms with Crippen LogP contribution in [-0.4, -0.2) is 0 Å². The van der Waals surface area contributed by atoms with Gasteiger partial charge in [0.05, 0.1) is 10.4 Å². The van der Waals surface area contributed by atoms with Crippen LogP contribution in [-0.2, 0) is 18.3 Å². The first-order chi connectivity index (χ1) is 18.3. The van der Waals surface area contributed by atoms with Crippen molar-refractivity contribution in [2.75, 3.05) is 0 Å². The molecule has 2 heteroatoms. The van der Waals surface area contributed by atoms with Crippen LogP contribution in [0.2, 0.25) is 5.02 Å². The van der Waals surface area contributed by atoms with E-state index in [2.05, 4.69) is 103 Å². The average Bonchev–Trinajstić information content (AvgIpc) is 3.24. The van der Waals surface area contributed by atoms with Crippen molar-refractivity contribution >= 4 is 11.6 Å². The van der Waals surface area contributed by atoms with Gasteiger partial charge in [0.25, 0.3) is 0 Å². The molecule has 2 aliphatic carbocycles. The molecule has 0 aromatic heterocycles. The summed E-state index contributed by atoms with van der Waals surface area (Å²) in [5, 5.41) is 0.726. The molecule has 8 rings (SSSR count). The van der Waals surface area contributed by atoms with Crippen molar-refractivity contribution in [3.8, 4) is 33.8 Å². The monoisotopic (exact) mass is 496 g/mol. The van der Waals surface area contributed by atoms with E-state index in [1.54, 1.807) is 0 Å². The Morgan fingerprint density at radius 2 is 1.24 bits per heavy atom. The smallest absolute Gasteiger partial charge is 0.141 e. The number of para-hydroxylation sites is 1. The summed E-state index contributed by atoms with van der Waals surface area (Å²) in [6.45, 7) is 0. The van der Waals surface area contributed by atoms with Crippen molar-refractivity contribution in [1.82, 2.24) is 0 Å².